The molecule has 1 rings (SSSR count). The summed E-state index contributed by atoms with van der Waals surface area (Å²) in [4.78, 5) is 0. The van der Waals surface area contributed by atoms with Crippen molar-refractivity contribution >= 4 is 0 Å². The van der Waals surface area contributed by atoms with Crippen LogP contribution in [0.25, 0.3) is 0 Å². The lowest BCUT2D eigenvalue weighted by molar-refractivity contribution is 0.820. The topological polar surface area (TPSA) is 12.0 Å². The van der Waals surface area contributed by atoms with E-state index in [1.807, 2.05) is 7.05 Å². The second kappa shape index (κ2) is 2.31. The van der Waals surface area contributed by atoms with Crippen LogP contribution in [0.4, 0.5) is 0 Å². The first-order valence-electron chi connectivity index (χ1n) is 3.17. The van der Waals surface area contributed by atoms with E-state index in [1.165, 1.54) is 18.4 Å². The second-order valence-corrected chi connectivity index (χ2v) is 2.46. The Kier molecular flexibility index (Phi) is 1.69. The van der Waals surface area contributed by atoms with Gasteiger partial charge >= 0.3 is 0 Å². The predicted molar refractivity (Wildman–Crippen MR) is 35.8 cm³/mol. The van der Waals surface area contributed by atoms with Crippen LogP contribution < -0.4 is 5.32 Å². The van der Waals surface area contributed by atoms with E-state index in [1.54, 1.807) is 0 Å². The van der Waals surface area contributed by atoms with Gasteiger partial charge in [0.1, 0.15) is 0 Å². The van der Waals surface area contributed by atoms with E-state index >= 15 is 0 Å². The quantitative estimate of drug-likeness (QED) is 0.539. The summed E-state index contributed by atoms with van der Waals surface area (Å²) in [7, 11) is 1.97. The monoisotopic (exact) mass is 111 g/mol. The van der Waals surface area contributed by atoms with Gasteiger partial charge in [0.05, 0.1) is 0 Å². The van der Waals surface area contributed by atoms with Crippen LogP contribution in [0.5, 0.6) is 0 Å². The molecule has 0 atom stereocenters. The van der Waals surface area contributed by atoms with Gasteiger partial charge in [-0.2, -0.15) is 0 Å². The Labute approximate surface area is 50.8 Å². The first-order valence-corrected chi connectivity index (χ1v) is 3.17. The minimum atomic E-state index is 0.863. The first kappa shape index (κ1) is 5.83. The molecule has 0 aromatic heterocycles. The molecule has 46 valence electrons. The minimum absolute atomic E-state index is 0.863. The van der Waals surface area contributed by atoms with Gasteiger partial charge in [0.15, 0.2) is 0 Å². The van der Waals surface area contributed by atoms with Gasteiger partial charge < -0.3 is 5.32 Å². The van der Waals surface area contributed by atoms with Crippen molar-refractivity contribution in [3.05, 3.63) is 12.2 Å². The van der Waals surface area contributed by atoms with Crippen molar-refractivity contribution in [2.75, 3.05) is 13.6 Å². The third-order valence-corrected chi connectivity index (χ3v) is 1.56. The lowest BCUT2D eigenvalue weighted by Crippen LogP contribution is -2.10. The Balaban J connectivity index is 2.13. The highest BCUT2D eigenvalue weighted by molar-refractivity contribution is 5.08. The Bertz CT molecular complexity index is 92.6. The molecule has 0 radical (unpaired) electrons. The number of rotatable bonds is 3. The molecule has 1 aliphatic carbocycles. The Morgan fingerprint density at radius 1 is 1.75 bits per heavy atom. The van der Waals surface area contributed by atoms with Gasteiger partial charge in [0.25, 0.3) is 0 Å². The molecule has 0 saturated heterocycles. The molecule has 0 amide bonds. The van der Waals surface area contributed by atoms with Gasteiger partial charge in [0.2, 0.25) is 0 Å². The van der Waals surface area contributed by atoms with Crippen LogP contribution in [0.3, 0.4) is 0 Å². The van der Waals surface area contributed by atoms with E-state index in [2.05, 4.69) is 11.9 Å². The highest BCUT2D eigenvalue weighted by atomic mass is 14.8. The van der Waals surface area contributed by atoms with Gasteiger partial charge in [-0.3, -0.25) is 0 Å². The summed E-state index contributed by atoms with van der Waals surface area (Å²) >= 11 is 0. The van der Waals surface area contributed by atoms with Crippen molar-refractivity contribution in [2.45, 2.75) is 12.8 Å². The number of hydrogen-bond donors (Lipinski definition) is 1. The summed E-state index contributed by atoms with van der Waals surface area (Å²) < 4.78 is 0. The fraction of sp³-hybridized carbons (Fsp3) is 0.714. The van der Waals surface area contributed by atoms with Crippen molar-refractivity contribution in [1.82, 2.24) is 5.32 Å². The standard InChI is InChI=1S/C7H13N/c1-6(5-8-2)7-3-4-7/h7-8H,1,3-5H2,2H3. The van der Waals surface area contributed by atoms with Crippen LogP contribution in [-0.2, 0) is 0 Å². The zero-order chi connectivity index (χ0) is 5.98. The summed E-state index contributed by atoms with van der Waals surface area (Å²) in [6.07, 6.45) is 2.75. The normalized spacial score (nSPS) is 18.6. The molecular formula is C7H13N. The predicted octanol–water partition coefficient (Wildman–Crippen LogP) is 1.17. The summed E-state index contributed by atoms with van der Waals surface area (Å²) in [6, 6.07) is 0. The molecular weight excluding hydrogens is 98.1 g/mol. The van der Waals surface area contributed by atoms with E-state index in [9.17, 15) is 0 Å². The third kappa shape index (κ3) is 1.34. The average molecular weight is 111 g/mol. The van der Waals surface area contributed by atoms with Gasteiger partial charge in [-0.05, 0) is 25.8 Å². The molecule has 0 unspecified atom stereocenters. The SMILES string of the molecule is C=C(CNC)C1CC1. The molecule has 1 saturated carbocycles. The minimum Gasteiger partial charge on any atom is -0.316 e. The maximum absolute atomic E-state index is 3.94. The Morgan fingerprint density at radius 3 is 2.75 bits per heavy atom. The number of hydrogen-bond acceptors (Lipinski definition) is 1. The van der Waals surface area contributed by atoms with E-state index in [0.29, 0.717) is 0 Å². The van der Waals surface area contributed by atoms with Crippen molar-refractivity contribution in [3.8, 4) is 0 Å². The maximum Gasteiger partial charge on any atom is 0.0161 e. The molecule has 0 aromatic rings. The lowest BCUT2D eigenvalue weighted by Gasteiger charge is -1.98. The van der Waals surface area contributed by atoms with E-state index < -0.39 is 0 Å². The zero-order valence-corrected chi connectivity index (χ0v) is 5.41. The molecule has 0 spiro atoms. The first-order chi connectivity index (χ1) is 3.84. The van der Waals surface area contributed by atoms with E-state index in [-0.39, 0.29) is 0 Å². The van der Waals surface area contributed by atoms with Crippen LogP contribution in [0.1, 0.15) is 12.8 Å². The van der Waals surface area contributed by atoms with E-state index in [4.69, 9.17) is 0 Å². The van der Waals surface area contributed by atoms with Gasteiger partial charge in [-0.15, -0.1) is 0 Å². The molecule has 0 bridgehead atoms. The van der Waals surface area contributed by atoms with Crippen molar-refractivity contribution in [1.29, 1.82) is 0 Å². The average Bonchev–Trinajstić information content (AvgIpc) is 2.45. The molecule has 1 N–H and O–H groups in total. The van der Waals surface area contributed by atoms with Gasteiger partial charge in [-0.1, -0.05) is 12.2 Å². The second-order valence-electron chi connectivity index (χ2n) is 2.46. The number of likely N-dealkylation sites (N-methyl/N-ethyl adjacent to an activating group) is 1. The van der Waals surface area contributed by atoms with Crippen LogP contribution in [-0.4, -0.2) is 13.6 Å². The summed E-state index contributed by atoms with van der Waals surface area (Å²) in [6.45, 7) is 4.95. The Hall–Kier alpha value is -0.300. The molecule has 0 aliphatic heterocycles. The van der Waals surface area contributed by atoms with Gasteiger partial charge in [-0.25, -0.2) is 0 Å². The summed E-state index contributed by atoms with van der Waals surface area (Å²) in [5.41, 5.74) is 1.38. The van der Waals surface area contributed by atoms with Crippen LogP contribution in [0.2, 0.25) is 0 Å². The number of nitrogens with one attached hydrogen (secondary N) is 1. The van der Waals surface area contributed by atoms with Crippen LogP contribution in [0, 0.1) is 5.92 Å². The summed E-state index contributed by atoms with van der Waals surface area (Å²) in [5, 5.41) is 3.09. The Morgan fingerprint density at radius 2 is 2.38 bits per heavy atom. The smallest absolute Gasteiger partial charge is 0.0161 e. The van der Waals surface area contributed by atoms with E-state index in [0.717, 1.165) is 12.5 Å². The third-order valence-electron chi connectivity index (χ3n) is 1.56. The largest absolute Gasteiger partial charge is 0.316 e. The van der Waals surface area contributed by atoms with Crippen molar-refractivity contribution < 1.29 is 0 Å². The molecule has 0 aromatic carbocycles. The molecule has 1 nitrogen and oxygen atoms in total. The fourth-order valence-electron chi connectivity index (χ4n) is 0.863. The molecule has 1 aliphatic rings. The van der Waals surface area contributed by atoms with Crippen molar-refractivity contribution in [2.24, 2.45) is 5.92 Å². The maximum atomic E-state index is 3.94. The molecule has 1 fully saturated rings. The lowest BCUT2D eigenvalue weighted by atomic mass is 10.2. The molecule has 8 heavy (non-hydrogen) atoms. The van der Waals surface area contributed by atoms with Crippen molar-refractivity contribution in [3.63, 3.8) is 0 Å². The summed E-state index contributed by atoms with van der Waals surface area (Å²) in [5.74, 6) is 0.863. The van der Waals surface area contributed by atoms with Gasteiger partial charge in [0, 0.05) is 6.54 Å². The van der Waals surface area contributed by atoms with Crippen LogP contribution in [0.15, 0.2) is 12.2 Å². The molecule has 1 heteroatoms. The molecule has 0 heterocycles. The highest BCUT2D eigenvalue weighted by Gasteiger charge is 2.23. The highest BCUT2D eigenvalue weighted by Crippen LogP contribution is 2.34. The zero-order valence-electron chi connectivity index (χ0n) is 5.41. The fourth-order valence-corrected chi connectivity index (χ4v) is 0.863. The van der Waals surface area contributed by atoms with Crippen LogP contribution >= 0.6 is 0 Å².